The number of carbonyl (C=O) groups is 1. The van der Waals surface area contributed by atoms with Gasteiger partial charge in [-0.15, -0.1) is 6.58 Å². The molecule has 0 radical (unpaired) electrons. The van der Waals surface area contributed by atoms with E-state index in [2.05, 4.69) is 6.58 Å². The van der Waals surface area contributed by atoms with Crippen molar-refractivity contribution < 1.29 is 9.53 Å². The molecule has 0 aromatic rings. The van der Waals surface area contributed by atoms with Crippen LogP contribution in [-0.2, 0) is 9.53 Å². The molecular weight excluding hydrogens is 140 g/mol. The molecule has 2 nitrogen and oxygen atoms in total. The van der Waals surface area contributed by atoms with Gasteiger partial charge in [-0.25, -0.2) is 0 Å². The average molecular weight is 154 g/mol. The molecule has 1 heterocycles. The monoisotopic (exact) mass is 154 g/mol. The molecule has 0 aromatic heterocycles. The molecule has 1 saturated heterocycles. The van der Waals surface area contributed by atoms with Gasteiger partial charge in [-0.3, -0.25) is 4.79 Å². The van der Waals surface area contributed by atoms with E-state index < -0.39 is 0 Å². The third kappa shape index (κ3) is 1.69. The SMILES string of the molecule is C=C[C@@]1(C)CC[C@@H](C(C)=O)O1. The molecule has 0 bridgehead atoms. The highest BCUT2D eigenvalue weighted by molar-refractivity contribution is 5.80. The predicted molar refractivity (Wildman–Crippen MR) is 43.4 cm³/mol. The van der Waals surface area contributed by atoms with Crippen molar-refractivity contribution in [1.29, 1.82) is 0 Å². The second-order valence-corrected chi connectivity index (χ2v) is 3.27. The molecule has 0 aromatic carbocycles. The molecular formula is C9H14O2. The van der Waals surface area contributed by atoms with E-state index in [0.29, 0.717) is 0 Å². The molecule has 0 unspecified atom stereocenters. The summed E-state index contributed by atoms with van der Waals surface area (Å²) in [7, 11) is 0. The Morgan fingerprint density at radius 2 is 2.45 bits per heavy atom. The van der Waals surface area contributed by atoms with Crippen LogP contribution >= 0.6 is 0 Å². The van der Waals surface area contributed by atoms with E-state index in [-0.39, 0.29) is 17.5 Å². The summed E-state index contributed by atoms with van der Waals surface area (Å²) in [5.74, 6) is 0.121. The van der Waals surface area contributed by atoms with Crippen LogP contribution in [0.1, 0.15) is 26.7 Å². The summed E-state index contributed by atoms with van der Waals surface area (Å²) >= 11 is 0. The van der Waals surface area contributed by atoms with Gasteiger partial charge < -0.3 is 4.74 Å². The number of ketones is 1. The van der Waals surface area contributed by atoms with E-state index in [1.807, 2.05) is 6.92 Å². The van der Waals surface area contributed by atoms with Crippen molar-refractivity contribution in [3.05, 3.63) is 12.7 Å². The zero-order valence-electron chi connectivity index (χ0n) is 7.09. The van der Waals surface area contributed by atoms with E-state index >= 15 is 0 Å². The fourth-order valence-electron chi connectivity index (χ4n) is 1.30. The Labute approximate surface area is 67.2 Å². The van der Waals surface area contributed by atoms with Gasteiger partial charge in [-0.05, 0) is 26.7 Å². The van der Waals surface area contributed by atoms with Crippen LogP contribution in [0.25, 0.3) is 0 Å². The van der Waals surface area contributed by atoms with E-state index in [1.54, 1.807) is 13.0 Å². The Bertz CT molecular complexity index is 186. The molecule has 1 aliphatic rings. The summed E-state index contributed by atoms with van der Waals surface area (Å²) in [6.45, 7) is 7.20. The smallest absolute Gasteiger partial charge is 0.158 e. The average Bonchev–Trinajstić information content (AvgIpc) is 2.33. The molecule has 1 aliphatic heterocycles. The van der Waals surface area contributed by atoms with Gasteiger partial charge in [0.05, 0.1) is 5.60 Å². The Balaban J connectivity index is 2.59. The molecule has 1 rings (SSSR count). The quantitative estimate of drug-likeness (QED) is 0.566. The zero-order chi connectivity index (χ0) is 8.48. The molecule has 0 saturated carbocycles. The van der Waals surface area contributed by atoms with Gasteiger partial charge in [0.2, 0.25) is 0 Å². The zero-order valence-corrected chi connectivity index (χ0v) is 7.09. The van der Waals surface area contributed by atoms with Gasteiger partial charge >= 0.3 is 0 Å². The van der Waals surface area contributed by atoms with Crippen molar-refractivity contribution in [2.24, 2.45) is 0 Å². The first-order valence-corrected chi connectivity index (χ1v) is 3.89. The minimum Gasteiger partial charge on any atom is -0.360 e. The molecule has 2 atom stereocenters. The van der Waals surface area contributed by atoms with Crippen LogP contribution in [0.5, 0.6) is 0 Å². The number of hydrogen-bond donors (Lipinski definition) is 0. The Morgan fingerprint density at radius 3 is 2.73 bits per heavy atom. The highest BCUT2D eigenvalue weighted by Gasteiger charge is 2.35. The van der Waals surface area contributed by atoms with E-state index in [4.69, 9.17) is 4.74 Å². The summed E-state index contributed by atoms with van der Waals surface area (Å²) < 4.78 is 5.49. The van der Waals surface area contributed by atoms with Crippen LogP contribution in [0.2, 0.25) is 0 Å². The summed E-state index contributed by atoms with van der Waals surface area (Å²) in [5, 5.41) is 0. The van der Waals surface area contributed by atoms with Crippen molar-refractivity contribution in [2.45, 2.75) is 38.4 Å². The molecule has 11 heavy (non-hydrogen) atoms. The second kappa shape index (κ2) is 2.78. The molecule has 62 valence electrons. The lowest BCUT2D eigenvalue weighted by Gasteiger charge is -2.18. The Morgan fingerprint density at radius 1 is 1.82 bits per heavy atom. The second-order valence-electron chi connectivity index (χ2n) is 3.27. The Kier molecular flexibility index (Phi) is 2.14. The van der Waals surface area contributed by atoms with Crippen LogP contribution in [0, 0.1) is 0 Å². The van der Waals surface area contributed by atoms with E-state index in [9.17, 15) is 4.79 Å². The topological polar surface area (TPSA) is 26.3 Å². The summed E-state index contributed by atoms with van der Waals surface area (Å²) in [6.07, 6.45) is 3.31. The van der Waals surface area contributed by atoms with Crippen LogP contribution < -0.4 is 0 Å². The lowest BCUT2D eigenvalue weighted by molar-refractivity contribution is -0.129. The number of Topliss-reactive ketones (excluding diaryl/α,β-unsaturated/α-hetero) is 1. The third-order valence-electron chi connectivity index (χ3n) is 2.20. The summed E-state index contributed by atoms with van der Waals surface area (Å²) in [4.78, 5) is 10.9. The van der Waals surface area contributed by atoms with Crippen molar-refractivity contribution >= 4 is 5.78 Å². The number of hydrogen-bond acceptors (Lipinski definition) is 2. The van der Waals surface area contributed by atoms with Gasteiger partial charge in [0.1, 0.15) is 6.10 Å². The van der Waals surface area contributed by atoms with Gasteiger partial charge in [0.25, 0.3) is 0 Å². The van der Waals surface area contributed by atoms with Crippen LogP contribution in [-0.4, -0.2) is 17.5 Å². The standard InChI is InChI=1S/C9H14O2/c1-4-9(3)6-5-8(11-9)7(2)10/h4,8H,1,5-6H2,2-3H3/t8-,9-/m0/s1. The lowest BCUT2D eigenvalue weighted by atomic mass is 10.0. The minimum absolute atomic E-state index is 0.121. The first kappa shape index (κ1) is 8.47. The van der Waals surface area contributed by atoms with E-state index in [0.717, 1.165) is 12.8 Å². The van der Waals surface area contributed by atoms with Crippen molar-refractivity contribution in [2.75, 3.05) is 0 Å². The maximum atomic E-state index is 10.9. The highest BCUT2D eigenvalue weighted by Crippen LogP contribution is 2.30. The summed E-state index contributed by atoms with van der Waals surface area (Å²) in [5.41, 5.74) is -0.268. The third-order valence-corrected chi connectivity index (χ3v) is 2.20. The van der Waals surface area contributed by atoms with Gasteiger partial charge in [0, 0.05) is 0 Å². The molecule has 0 amide bonds. The Hall–Kier alpha value is -0.630. The van der Waals surface area contributed by atoms with Gasteiger partial charge in [-0.1, -0.05) is 6.08 Å². The molecule has 0 spiro atoms. The first-order chi connectivity index (χ1) is 5.07. The molecule has 0 aliphatic carbocycles. The van der Waals surface area contributed by atoms with E-state index in [1.165, 1.54) is 0 Å². The normalized spacial score (nSPS) is 37.1. The molecule has 1 fully saturated rings. The fraction of sp³-hybridized carbons (Fsp3) is 0.667. The predicted octanol–water partition coefficient (Wildman–Crippen LogP) is 1.70. The minimum atomic E-state index is -0.268. The van der Waals surface area contributed by atoms with Crippen molar-refractivity contribution in [1.82, 2.24) is 0 Å². The van der Waals surface area contributed by atoms with Crippen LogP contribution in [0.4, 0.5) is 0 Å². The van der Waals surface area contributed by atoms with Crippen LogP contribution in [0.3, 0.4) is 0 Å². The molecule has 2 heteroatoms. The number of ether oxygens (including phenoxy) is 1. The maximum absolute atomic E-state index is 10.9. The van der Waals surface area contributed by atoms with Crippen molar-refractivity contribution in [3.63, 3.8) is 0 Å². The number of rotatable bonds is 2. The highest BCUT2D eigenvalue weighted by atomic mass is 16.5. The molecule has 0 N–H and O–H groups in total. The van der Waals surface area contributed by atoms with Crippen molar-refractivity contribution in [3.8, 4) is 0 Å². The summed E-state index contributed by atoms with van der Waals surface area (Å²) in [6, 6.07) is 0. The lowest BCUT2D eigenvalue weighted by Crippen LogP contribution is -2.24. The largest absolute Gasteiger partial charge is 0.360 e. The maximum Gasteiger partial charge on any atom is 0.158 e. The fourth-order valence-corrected chi connectivity index (χ4v) is 1.30. The van der Waals surface area contributed by atoms with Crippen LogP contribution in [0.15, 0.2) is 12.7 Å². The first-order valence-electron chi connectivity index (χ1n) is 3.89. The van der Waals surface area contributed by atoms with Gasteiger partial charge in [0.15, 0.2) is 5.78 Å². The number of carbonyl (C=O) groups excluding carboxylic acids is 1. The van der Waals surface area contributed by atoms with Gasteiger partial charge in [-0.2, -0.15) is 0 Å².